The molecule has 0 N–H and O–H groups in total. The van der Waals surface area contributed by atoms with E-state index in [2.05, 4.69) is 5.10 Å². The number of aromatic nitrogens is 3. The van der Waals surface area contributed by atoms with Crippen molar-refractivity contribution in [3.05, 3.63) is 58.7 Å². The normalized spacial score (nSPS) is 13.9. The van der Waals surface area contributed by atoms with Crippen LogP contribution in [-0.4, -0.2) is 32.1 Å². The number of carbonyl (C=O) groups is 1. The Balaban J connectivity index is 1.76. The first-order valence-electron chi connectivity index (χ1n) is 9.36. The second-order valence-corrected chi connectivity index (χ2v) is 7.23. The molecule has 2 heterocycles. The summed E-state index contributed by atoms with van der Waals surface area (Å²) in [6, 6.07) is 8.33. The topological polar surface area (TPSA) is 51.0 Å². The van der Waals surface area contributed by atoms with Crippen molar-refractivity contribution in [2.75, 3.05) is 6.54 Å². The van der Waals surface area contributed by atoms with E-state index in [1.165, 1.54) is 12.1 Å². The summed E-state index contributed by atoms with van der Waals surface area (Å²) in [4.78, 5) is 19.9. The Hall–Kier alpha value is -2.76. The van der Waals surface area contributed by atoms with E-state index in [0.29, 0.717) is 24.6 Å². The van der Waals surface area contributed by atoms with Crippen molar-refractivity contribution >= 4 is 16.9 Å². The van der Waals surface area contributed by atoms with Gasteiger partial charge in [-0.15, -0.1) is 0 Å². The number of carbonyl (C=O) groups excluding carboxylic acids is 1. The van der Waals surface area contributed by atoms with E-state index in [-0.39, 0.29) is 11.7 Å². The quantitative estimate of drug-likeness (QED) is 0.687. The van der Waals surface area contributed by atoms with Gasteiger partial charge in [0.05, 0.1) is 16.6 Å². The molecular formula is C21H23FN4O. The third-order valence-corrected chi connectivity index (χ3v) is 5.15. The molecule has 0 radical (unpaired) electrons. The molecule has 4 rings (SSSR count). The van der Waals surface area contributed by atoms with E-state index in [1.54, 1.807) is 15.6 Å². The van der Waals surface area contributed by atoms with Gasteiger partial charge < -0.3 is 4.90 Å². The van der Waals surface area contributed by atoms with Gasteiger partial charge in [0.25, 0.3) is 5.91 Å². The zero-order chi connectivity index (χ0) is 19.1. The molecule has 1 aliphatic rings. The monoisotopic (exact) mass is 366 g/mol. The summed E-state index contributed by atoms with van der Waals surface area (Å²) in [5, 5.41) is 5.28. The minimum atomic E-state index is -0.290. The first-order chi connectivity index (χ1) is 13.0. The molecule has 5 nitrogen and oxygen atoms in total. The van der Waals surface area contributed by atoms with Crippen molar-refractivity contribution in [3.8, 4) is 0 Å². The SMILES string of the molecule is CCN(Cc1cccc(F)c1)C(=O)c1cc(C2CC2)nc2c1c(C)nn2C. The van der Waals surface area contributed by atoms with E-state index < -0.39 is 0 Å². The van der Waals surface area contributed by atoms with Crippen LogP contribution in [0.2, 0.25) is 0 Å². The summed E-state index contributed by atoms with van der Waals surface area (Å²) < 4.78 is 15.3. The molecule has 3 aromatic rings. The predicted molar refractivity (Wildman–Crippen MR) is 102 cm³/mol. The van der Waals surface area contributed by atoms with Gasteiger partial charge in [0.2, 0.25) is 0 Å². The van der Waals surface area contributed by atoms with Crippen LogP contribution in [0.25, 0.3) is 11.0 Å². The number of benzene rings is 1. The molecule has 1 amide bonds. The molecule has 0 spiro atoms. The summed E-state index contributed by atoms with van der Waals surface area (Å²) >= 11 is 0. The summed E-state index contributed by atoms with van der Waals surface area (Å²) in [7, 11) is 1.86. The van der Waals surface area contributed by atoms with Crippen LogP contribution in [0.3, 0.4) is 0 Å². The summed E-state index contributed by atoms with van der Waals surface area (Å²) in [5.74, 6) is 0.0861. The predicted octanol–water partition coefficient (Wildman–Crippen LogP) is 3.96. The number of amides is 1. The Bertz CT molecular complexity index is 1020. The van der Waals surface area contributed by atoms with Gasteiger partial charge in [0, 0.05) is 31.7 Å². The number of hydrogen-bond acceptors (Lipinski definition) is 3. The Morgan fingerprint density at radius 3 is 2.78 bits per heavy atom. The smallest absolute Gasteiger partial charge is 0.255 e. The van der Waals surface area contributed by atoms with Crippen molar-refractivity contribution in [1.82, 2.24) is 19.7 Å². The second kappa shape index (κ2) is 6.76. The maximum atomic E-state index is 13.5. The average Bonchev–Trinajstić information content (AvgIpc) is 3.45. The first-order valence-corrected chi connectivity index (χ1v) is 9.36. The summed E-state index contributed by atoms with van der Waals surface area (Å²) in [6.45, 7) is 4.75. The highest BCUT2D eigenvalue weighted by atomic mass is 19.1. The Labute approximate surface area is 157 Å². The number of halogens is 1. The fraction of sp³-hybridized carbons (Fsp3) is 0.381. The molecule has 1 fully saturated rings. The molecule has 1 aromatic carbocycles. The number of fused-ring (bicyclic) bond motifs is 1. The zero-order valence-corrected chi connectivity index (χ0v) is 15.9. The molecule has 140 valence electrons. The van der Waals surface area contributed by atoms with Crippen LogP contribution in [0, 0.1) is 12.7 Å². The van der Waals surface area contributed by atoms with Crippen molar-refractivity contribution in [2.24, 2.45) is 7.05 Å². The van der Waals surface area contributed by atoms with Crippen LogP contribution in [0.5, 0.6) is 0 Å². The van der Waals surface area contributed by atoms with E-state index >= 15 is 0 Å². The van der Waals surface area contributed by atoms with Gasteiger partial charge in [0.15, 0.2) is 5.65 Å². The fourth-order valence-electron chi connectivity index (χ4n) is 3.57. The van der Waals surface area contributed by atoms with Gasteiger partial charge in [-0.25, -0.2) is 9.37 Å². The van der Waals surface area contributed by atoms with Crippen LogP contribution in [0.15, 0.2) is 30.3 Å². The molecule has 0 saturated heterocycles. The van der Waals surface area contributed by atoms with Gasteiger partial charge in [-0.2, -0.15) is 5.10 Å². The van der Waals surface area contributed by atoms with E-state index in [9.17, 15) is 9.18 Å². The number of nitrogens with zero attached hydrogens (tertiary/aromatic N) is 4. The molecule has 0 aliphatic heterocycles. The van der Waals surface area contributed by atoms with Crippen LogP contribution in [0.4, 0.5) is 4.39 Å². The minimum Gasteiger partial charge on any atom is -0.335 e. The molecule has 6 heteroatoms. The van der Waals surface area contributed by atoms with Gasteiger partial charge in [0.1, 0.15) is 5.82 Å². The minimum absolute atomic E-state index is 0.0628. The Morgan fingerprint density at radius 2 is 2.11 bits per heavy atom. The highest BCUT2D eigenvalue weighted by molar-refractivity contribution is 6.06. The third-order valence-electron chi connectivity index (χ3n) is 5.15. The Morgan fingerprint density at radius 1 is 1.33 bits per heavy atom. The molecule has 0 unspecified atom stereocenters. The highest BCUT2D eigenvalue weighted by Gasteiger charge is 2.29. The molecule has 2 aromatic heterocycles. The molecular weight excluding hydrogens is 343 g/mol. The van der Waals surface area contributed by atoms with Crippen LogP contribution in [-0.2, 0) is 13.6 Å². The number of hydrogen-bond donors (Lipinski definition) is 0. The standard InChI is InChI=1S/C21H23FN4O/c1-4-26(12-14-6-5-7-16(22)10-14)21(27)17-11-18(15-8-9-15)23-20-19(17)13(2)24-25(20)3/h5-7,10-11,15H,4,8-9,12H2,1-3H3. The summed E-state index contributed by atoms with van der Waals surface area (Å²) in [6.07, 6.45) is 2.23. The molecule has 27 heavy (non-hydrogen) atoms. The number of aryl methyl sites for hydroxylation is 2. The van der Waals surface area contributed by atoms with Crippen molar-refractivity contribution in [2.45, 2.75) is 39.2 Å². The van der Waals surface area contributed by atoms with Gasteiger partial charge in [-0.05, 0) is 50.5 Å². The van der Waals surface area contributed by atoms with Crippen LogP contribution < -0.4 is 0 Å². The maximum absolute atomic E-state index is 13.5. The first kappa shape index (κ1) is 17.6. The Kier molecular flexibility index (Phi) is 4.42. The fourth-order valence-corrected chi connectivity index (χ4v) is 3.57. The lowest BCUT2D eigenvalue weighted by Crippen LogP contribution is -2.30. The molecule has 1 aliphatic carbocycles. The van der Waals surface area contributed by atoms with Crippen LogP contribution >= 0.6 is 0 Å². The van der Waals surface area contributed by atoms with E-state index in [1.807, 2.05) is 33.0 Å². The van der Waals surface area contributed by atoms with Crippen molar-refractivity contribution in [3.63, 3.8) is 0 Å². The number of rotatable bonds is 5. The maximum Gasteiger partial charge on any atom is 0.255 e. The third kappa shape index (κ3) is 3.31. The van der Waals surface area contributed by atoms with E-state index in [4.69, 9.17) is 4.98 Å². The van der Waals surface area contributed by atoms with Gasteiger partial charge in [-0.1, -0.05) is 12.1 Å². The van der Waals surface area contributed by atoms with Gasteiger partial charge >= 0.3 is 0 Å². The lowest BCUT2D eigenvalue weighted by Gasteiger charge is -2.22. The summed E-state index contributed by atoms with van der Waals surface area (Å²) in [5.41, 5.74) is 3.94. The zero-order valence-electron chi connectivity index (χ0n) is 15.9. The molecule has 0 bridgehead atoms. The molecule has 1 saturated carbocycles. The lowest BCUT2D eigenvalue weighted by molar-refractivity contribution is 0.0754. The van der Waals surface area contributed by atoms with E-state index in [0.717, 1.165) is 40.8 Å². The van der Waals surface area contributed by atoms with Crippen molar-refractivity contribution in [1.29, 1.82) is 0 Å². The largest absolute Gasteiger partial charge is 0.335 e. The second-order valence-electron chi connectivity index (χ2n) is 7.23. The molecule has 0 atom stereocenters. The number of pyridine rings is 1. The lowest BCUT2D eigenvalue weighted by atomic mass is 10.1. The van der Waals surface area contributed by atoms with Gasteiger partial charge in [-0.3, -0.25) is 9.48 Å². The van der Waals surface area contributed by atoms with Crippen molar-refractivity contribution < 1.29 is 9.18 Å². The average molecular weight is 366 g/mol. The highest BCUT2D eigenvalue weighted by Crippen LogP contribution is 2.40. The van der Waals surface area contributed by atoms with Crippen LogP contribution in [0.1, 0.15) is 53.0 Å².